The first-order valence-electron chi connectivity index (χ1n) is 4.94. The van der Waals surface area contributed by atoms with Crippen LogP contribution in [0.5, 0.6) is 0 Å². The van der Waals surface area contributed by atoms with E-state index >= 15 is 0 Å². The summed E-state index contributed by atoms with van der Waals surface area (Å²) in [4.78, 5) is 2.24. The van der Waals surface area contributed by atoms with Crippen LogP contribution < -0.4 is 5.73 Å². The molecule has 0 aromatic heterocycles. The van der Waals surface area contributed by atoms with Crippen LogP contribution in [0.1, 0.15) is 13.3 Å². The molecule has 0 aromatic rings. The Balaban J connectivity index is 2.35. The van der Waals surface area contributed by atoms with Gasteiger partial charge in [-0.25, -0.2) is 0 Å². The van der Waals surface area contributed by atoms with Crippen LogP contribution in [-0.2, 0) is 4.74 Å². The van der Waals surface area contributed by atoms with Crippen LogP contribution in [0, 0.1) is 0 Å². The molecule has 3 N–H and O–H groups in total. The van der Waals surface area contributed by atoms with Gasteiger partial charge < -0.3 is 15.6 Å². The number of hydrogen-bond donors (Lipinski definition) is 2. The molecule has 1 saturated heterocycles. The normalized spacial score (nSPS) is 28.4. The molecule has 0 amide bonds. The fourth-order valence-corrected chi connectivity index (χ4v) is 1.57. The minimum atomic E-state index is -0.402. The van der Waals surface area contributed by atoms with Crippen molar-refractivity contribution < 1.29 is 9.84 Å². The predicted molar refractivity (Wildman–Crippen MR) is 51.5 cm³/mol. The maximum absolute atomic E-state index is 9.41. The molecule has 1 aliphatic rings. The van der Waals surface area contributed by atoms with E-state index in [0.717, 1.165) is 26.2 Å². The van der Waals surface area contributed by atoms with Crippen molar-refractivity contribution in [1.82, 2.24) is 4.90 Å². The molecule has 1 heterocycles. The third-order valence-electron chi connectivity index (χ3n) is 2.43. The Labute approximate surface area is 79.7 Å². The standard InChI is InChI=1S/C9H20N2O2/c1-8-7-13-4-2-3-11(8)6-9(12)5-10/h8-9,12H,2-7,10H2,1H3/t8?,9-/m1/s1. The van der Waals surface area contributed by atoms with Gasteiger partial charge in [-0.2, -0.15) is 0 Å². The zero-order valence-electron chi connectivity index (χ0n) is 8.28. The van der Waals surface area contributed by atoms with E-state index in [2.05, 4.69) is 11.8 Å². The van der Waals surface area contributed by atoms with Crippen LogP contribution in [-0.4, -0.2) is 55.0 Å². The van der Waals surface area contributed by atoms with Crippen molar-refractivity contribution in [2.45, 2.75) is 25.5 Å². The van der Waals surface area contributed by atoms with Gasteiger partial charge in [0.2, 0.25) is 0 Å². The summed E-state index contributed by atoms with van der Waals surface area (Å²) in [7, 11) is 0. The molecular formula is C9H20N2O2. The Morgan fingerprint density at radius 3 is 3.15 bits per heavy atom. The molecule has 4 nitrogen and oxygen atoms in total. The molecule has 1 fully saturated rings. The fourth-order valence-electron chi connectivity index (χ4n) is 1.57. The molecule has 13 heavy (non-hydrogen) atoms. The summed E-state index contributed by atoms with van der Waals surface area (Å²) < 4.78 is 5.40. The Bertz CT molecular complexity index is 144. The number of rotatable bonds is 3. The molecule has 0 bridgehead atoms. The topological polar surface area (TPSA) is 58.7 Å². The molecule has 0 aromatic carbocycles. The molecule has 1 aliphatic heterocycles. The second kappa shape index (κ2) is 5.54. The first kappa shape index (κ1) is 10.9. The Kier molecular flexibility index (Phi) is 4.66. The summed E-state index contributed by atoms with van der Waals surface area (Å²) in [5.41, 5.74) is 5.37. The van der Waals surface area contributed by atoms with Gasteiger partial charge in [0.25, 0.3) is 0 Å². The highest BCUT2D eigenvalue weighted by molar-refractivity contribution is 4.73. The molecule has 1 rings (SSSR count). The molecule has 0 radical (unpaired) electrons. The van der Waals surface area contributed by atoms with Crippen molar-refractivity contribution in [1.29, 1.82) is 0 Å². The molecule has 0 aliphatic carbocycles. The zero-order chi connectivity index (χ0) is 9.68. The Hall–Kier alpha value is -0.160. The van der Waals surface area contributed by atoms with Crippen molar-refractivity contribution in [3.63, 3.8) is 0 Å². The van der Waals surface area contributed by atoms with Gasteiger partial charge in [0.1, 0.15) is 0 Å². The van der Waals surface area contributed by atoms with E-state index in [1.54, 1.807) is 0 Å². The average molecular weight is 188 g/mol. The second-order valence-electron chi connectivity index (χ2n) is 3.66. The minimum absolute atomic E-state index is 0.337. The maximum atomic E-state index is 9.41. The molecule has 1 unspecified atom stereocenters. The van der Waals surface area contributed by atoms with E-state index in [4.69, 9.17) is 10.5 Å². The maximum Gasteiger partial charge on any atom is 0.0789 e. The fraction of sp³-hybridized carbons (Fsp3) is 1.00. The van der Waals surface area contributed by atoms with Gasteiger partial charge in [-0.1, -0.05) is 0 Å². The molecule has 0 spiro atoms. The van der Waals surface area contributed by atoms with E-state index in [9.17, 15) is 5.11 Å². The monoisotopic (exact) mass is 188 g/mol. The summed E-state index contributed by atoms with van der Waals surface area (Å²) in [5.74, 6) is 0. The van der Waals surface area contributed by atoms with Gasteiger partial charge >= 0.3 is 0 Å². The van der Waals surface area contributed by atoms with Gasteiger partial charge in [0, 0.05) is 32.3 Å². The van der Waals surface area contributed by atoms with E-state index in [1.165, 1.54) is 0 Å². The van der Waals surface area contributed by atoms with Gasteiger partial charge in [-0.15, -0.1) is 0 Å². The van der Waals surface area contributed by atoms with Crippen LogP contribution in [0.4, 0.5) is 0 Å². The summed E-state index contributed by atoms with van der Waals surface area (Å²) in [6.07, 6.45) is 0.641. The number of ether oxygens (including phenoxy) is 1. The lowest BCUT2D eigenvalue weighted by Gasteiger charge is -2.27. The van der Waals surface area contributed by atoms with Crippen LogP contribution in [0.3, 0.4) is 0 Å². The number of β-amino-alcohol motifs (C(OH)–C–C–N with tert-alkyl or cyclic N) is 1. The highest BCUT2D eigenvalue weighted by Crippen LogP contribution is 2.07. The first-order chi connectivity index (χ1) is 6.24. The number of aliphatic hydroxyl groups excluding tert-OH is 1. The highest BCUT2D eigenvalue weighted by atomic mass is 16.5. The third-order valence-corrected chi connectivity index (χ3v) is 2.43. The molecule has 2 atom stereocenters. The predicted octanol–water partition coefficient (Wildman–Crippen LogP) is -0.583. The third kappa shape index (κ3) is 3.60. The van der Waals surface area contributed by atoms with Crippen LogP contribution in [0.2, 0.25) is 0 Å². The Morgan fingerprint density at radius 1 is 1.69 bits per heavy atom. The van der Waals surface area contributed by atoms with Crippen molar-refractivity contribution in [2.75, 3.05) is 32.8 Å². The molecule has 0 saturated carbocycles. The van der Waals surface area contributed by atoms with E-state index in [-0.39, 0.29) is 0 Å². The van der Waals surface area contributed by atoms with Crippen molar-refractivity contribution in [3.05, 3.63) is 0 Å². The highest BCUT2D eigenvalue weighted by Gasteiger charge is 2.19. The number of hydrogen-bond acceptors (Lipinski definition) is 4. The lowest BCUT2D eigenvalue weighted by molar-refractivity contribution is 0.0743. The molecule has 4 heteroatoms. The summed E-state index contributed by atoms with van der Waals surface area (Å²) in [6, 6.07) is 0.392. The van der Waals surface area contributed by atoms with E-state index in [0.29, 0.717) is 19.1 Å². The minimum Gasteiger partial charge on any atom is -0.390 e. The average Bonchev–Trinajstić information content (AvgIpc) is 2.32. The molecular weight excluding hydrogens is 168 g/mol. The molecule has 78 valence electrons. The summed E-state index contributed by atoms with van der Waals surface area (Å²) in [5, 5.41) is 9.41. The number of nitrogens with zero attached hydrogens (tertiary/aromatic N) is 1. The quantitative estimate of drug-likeness (QED) is 0.622. The van der Waals surface area contributed by atoms with Gasteiger partial charge in [-0.05, 0) is 13.3 Å². The van der Waals surface area contributed by atoms with Crippen LogP contribution >= 0.6 is 0 Å². The van der Waals surface area contributed by atoms with Crippen molar-refractivity contribution in [2.24, 2.45) is 5.73 Å². The van der Waals surface area contributed by atoms with Crippen LogP contribution in [0.25, 0.3) is 0 Å². The van der Waals surface area contributed by atoms with Gasteiger partial charge in [0.05, 0.1) is 12.7 Å². The van der Waals surface area contributed by atoms with Crippen LogP contribution in [0.15, 0.2) is 0 Å². The smallest absolute Gasteiger partial charge is 0.0789 e. The SMILES string of the molecule is CC1COCCCN1C[C@H](O)CN. The first-order valence-corrected chi connectivity index (χ1v) is 4.94. The number of aliphatic hydroxyl groups is 1. The zero-order valence-corrected chi connectivity index (χ0v) is 8.28. The van der Waals surface area contributed by atoms with Crippen molar-refractivity contribution >= 4 is 0 Å². The second-order valence-corrected chi connectivity index (χ2v) is 3.66. The summed E-state index contributed by atoms with van der Waals surface area (Å²) in [6.45, 7) is 5.72. The van der Waals surface area contributed by atoms with E-state index in [1.807, 2.05) is 0 Å². The van der Waals surface area contributed by atoms with Gasteiger partial charge in [-0.3, -0.25) is 4.90 Å². The number of nitrogens with two attached hydrogens (primary N) is 1. The lowest BCUT2D eigenvalue weighted by Crippen LogP contribution is -2.42. The summed E-state index contributed by atoms with van der Waals surface area (Å²) >= 11 is 0. The van der Waals surface area contributed by atoms with Gasteiger partial charge in [0.15, 0.2) is 0 Å². The largest absolute Gasteiger partial charge is 0.390 e. The Morgan fingerprint density at radius 2 is 2.46 bits per heavy atom. The lowest BCUT2D eigenvalue weighted by atomic mass is 10.2. The van der Waals surface area contributed by atoms with E-state index < -0.39 is 6.10 Å². The van der Waals surface area contributed by atoms with Crippen molar-refractivity contribution in [3.8, 4) is 0 Å².